The molecule has 1 amide bonds. The van der Waals surface area contributed by atoms with Gasteiger partial charge < -0.3 is 19.5 Å². The van der Waals surface area contributed by atoms with Crippen molar-refractivity contribution in [1.29, 1.82) is 0 Å². The second-order valence-electron chi connectivity index (χ2n) is 4.72. The van der Waals surface area contributed by atoms with Gasteiger partial charge in [-0.25, -0.2) is 4.98 Å². The molecule has 0 spiro atoms. The highest BCUT2D eigenvalue weighted by Crippen LogP contribution is 2.38. The van der Waals surface area contributed by atoms with Crippen LogP contribution in [0.25, 0.3) is 0 Å². The molecular weight excluding hydrogens is 320 g/mol. The van der Waals surface area contributed by atoms with Gasteiger partial charge in [0.05, 0.1) is 17.3 Å². The number of carbonyl (C=O) groups excluding carboxylic acids is 1. The minimum absolute atomic E-state index is 0.279. The number of halogens is 1. The molecule has 2 heterocycles. The van der Waals surface area contributed by atoms with Crippen LogP contribution in [0.2, 0.25) is 5.02 Å². The molecule has 0 unspecified atom stereocenters. The third-order valence-corrected chi connectivity index (χ3v) is 3.49. The summed E-state index contributed by atoms with van der Waals surface area (Å²) in [5.41, 5.74) is 0.771. The van der Waals surface area contributed by atoms with Gasteiger partial charge in [0.15, 0.2) is 11.5 Å². The molecule has 6 nitrogen and oxygen atoms in total. The first kappa shape index (κ1) is 15.4. The van der Waals surface area contributed by atoms with Crippen LogP contribution in [0.3, 0.4) is 0 Å². The van der Waals surface area contributed by atoms with E-state index in [1.54, 1.807) is 30.5 Å². The van der Waals surface area contributed by atoms with Crippen LogP contribution in [0.1, 0.15) is 17.3 Å². The lowest BCUT2D eigenvalue weighted by molar-refractivity contribution is 0.102. The number of ether oxygens (including phenoxy) is 3. The third-order valence-electron chi connectivity index (χ3n) is 3.18. The number of anilines is 1. The van der Waals surface area contributed by atoms with Gasteiger partial charge in [-0.2, -0.15) is 0 Å². The molecule has 1 N–H and O–H groups in total. The van der Waals surface area contributed by atoms with Gasteiger partial charge in [0.25, 0.3) is 5.91 Å². The first-order valence-corrected chi connectivity index (χ1v) is 7.55. The largest absolute Gasteiger partial charge is 0.486 e. The van der Waals surface area contributed by atoms with Crippen molar-refractivity contribution in [2.75, 3.05) is 25.1 Å². The van der Waals surface area contributed by atoms with Crippen LogP contribution in [-0.2, 0) is 0 Å². The molecule has 1 aromatic heterocycles. The van der Waals surface area contributed by atoms with Gasteiger partial charge in [-0.05, 0) is 19.1 Å². The number of rotatable bonds is 4. The zero-order valence-corrected chi connectivity index (χ0v) is 13.2. The highest BCUT2D eigenvalue weighted by molar-refractivity contribution is 6.34. The van der Waals surface area contributed by atoms with Crippen LogP contribution in [0.4, 0.5) is 5.69 Å². The number of nitrogens with zero attached hydrogens (tertiary/aromatic N) is 1. The number of amides is 1. The Labute approximate surface area is 138 Å². The lowest BCUT2D eigenvalue weighted by Gasteiger charge is -2.20. The van der Waals surface area contributed by atoms with E-state index in [1.807, 2.05) is 6.92 Å². The van der Waals surface area contributed by atoms with Crippen molar-refractivity contribution < 1.29 is 19.0 Å². The van der Waals surface area contributed by atoms with Gasteiger partial charge in [-0.3, -0.25) is 4.79 Å². The summed E-state index contributed by atoms with van der Waals surface area (Å²) in [5, 5.41) is 3.11. The van der Waals surface area contributed by atoms with Crippen molar-refractivity contribution in [1.82, 2.24) is 4.98 Å². The summed E-state index contributed by atoms with van der Waals surface area (Å²) >= 11 is 6.20. The molecule has 2 aromatic rings. The van der Waals surface area contributed by atoms with E-state index in [0.717, 1.165) is 0 Å². The third kappa shape index (κ3) is 3.32. The summed E-state index contributed by atoms with van der Waals surface area (Å²) < 4.78 is 16.3. The topological polar surface area (TPSA) is 69.7 Å². The Hall–Kier alpha value is -2.47. The molecule has 3 rings (SSSR count). The first-order valence-electron chi connectivity index (χ1n) is 7.17. The minimum atomic E-state index is -0.361. The fourth-order valence-corrected chi connectivity index (χ4v) is 2.37. The molecule has 7 heteroatoms. The van der Waals surface area contributed by atoms with Gasteiger partial charge in [-0.15, -0.1) is 0 Å². The van der Waals surface area contributed by atoms with E-state index < -0.39 is 0 Å². The maximum absolute atomic E-state index is 12.5. The predicted octanol–water partition coefficient (Wildman–Crippen LogP) is 3.16. The van der Waals surface area contributed by atoms with Crippen LogP contribution in [-0.4, -0.2) is 30.7 Å². The minimum Gasteiger partial charge on any atom is -0.486 e. The van der Waals surface area contributed by atoms with E-state index in [0.29, 0.717) is 47.6 Å². The van der Waals surface area contributed by atoms with Crippen molar-refractivity contribution in [3.05, 3.63) is 41.0 Å². The van der Waals surface area contributed by atoms with E-state index in [4.69, 9.17) is 25.8 Å². The van der Waals surface area contributed by atoms with E-state index in [2.05, 4.69) is 10.3 Å². The Morgan fingerprint density at radius 2 is 2.09 bits per heavy atom. The zero-order chi connectivity index (χ0) is 16.2. The molecule has 0 fully saturated rings. The van der Waals surface area contributed by atoms with Gasteiger partial charge in [0.1, 0.15) is 18.8 Å². The SMILES string of the molecule is CCOc1ncccc1C(=O)Nc1cc2c(cc1Cl)OCCO2. The number of carbonyl (C=O) groups is 1. The van der Waals surface area contributed by atoms with E-state index in [9.17, 15) is 4.79 Å². The van der Waals surface area contributed by atoms with Crippen LogP contribution in [0, 0.1) is 0 Å². The maximum Gasteiger partial charge on any atom is 0.261 e. The number of benzene rings is 1. The smallest absolute Gasteiger partial charge is 0.261 e. The summed E-state index contributed by atoms with van der Waals surface area (Å²) in [5.74, 6) is 1.03. The Kier molecular flexibility index (Phi) is 4.52. The normalized spacial score (nSPS) is 12.6. The molecule has 0 atom stereocenters. The van der Waals surface area contributed by atoms with Crippen LogP contribution < -0.4 is 19.5 Å². The monoisotopic (exact) mass is 334 g/mol. The number of nitrogens with one attached hydrogen (secondary N) is 1. The number of aromatic nitrogens is 1. The quantitative estimate of drug-likeness (QED) is 0.930. The van der Waals surface area contributed by atoms with Crippen molar-refractivity contribution in [2.45, 2.75) is 6.92 Å². The number of hydrogen-bond donors (Lipinski definition) is 1. The lowest BCUT2D eigenvalue weighted by atomic mass is 10.2. The second-order valence-corrected chi connectivity index (χ2v) is 5.13. The van der Waals surface area contributed by atoms with Crippen molar-refractivity contribution in [2.24, 2.45) is 0 Å². The van der Waals surface area contributed by atoms with E-state index in [1.165, 1.54) is 0 Å². The molecular formula is C16H15ClN2O4. The van der Waals surface area contributed by atoms with Gasteiger partial charge >= 0.3 is 0 Å². The highest BCUT2D eigenvalue weighted by atomic mass is 35.5. The molecule has 0 aliphatic carbocycles. The highest BCUT2D eigenvalue weighted by Gasteiger charge is 2.19. The fraction of sp³-hybridized carbons (Fsp3) is 0.250. The summed E-state index contributed by atoms with van der Waals surface area (Å²) in [6, 6.07) is 6.58. The molecule has 0 saturated carbocycles. The fourth-order valence-electron chi connectivity index (χ4n) is 2.16. The Bertz CT molecular complexity index is 736. The average molecular weight is 335 g/mol. The summed E-state index contributed by atoms with van der Waals surface area (Å²) in [7, 11) is 0. The number of pyridine rings is 1. The Balaban J connectivity index is 1.86. The molecule has 0 radical (unpaired) electrons. The van der Waals surface area contributed by atoms with Gasteiger partial charge in [0.2, 0.25) is 5.88 Å². The molecule has 1 aliphatic rings. The van der Waals surface area contributed by atoms with Crippen molar-refractivity contribution in [3.8, 4) is 17.4 Å². The molecule has 0 bridgehead atoms. The Morgan fingerprint density at radius 3 is 2.83 bits per heavy atom. The van der Waals surface area contributed by atoms with Crippen molar-refractivity contribution >= 4 is 23.2 Å². The summed E-state index contributed by atoms with van der Waals surface area (Å²) in [4.78, 5) is 16.5. The number of hydrogen-bond acceptors (Lipinski definition) is 5. The summed E-state index contributed by atoms with van der Waals surface area (Å²) in [6.45, 7) is 3.18. The van der Waals surface area contributed by atoms with Crippen LogP contribution >= 0.6 is 11.6 Å². The van der Waals surface area contributed by atoms with E-state index >= 15 is 0 Å². The van der Waals surface area contributed by atoms with Gasteiger partial charge in [0, 0.05) is 18.3 Å². The molecule has 0 saturated heterocycles. The maximum atomic E-state index is 12.5. The number of fused-ring (bicyclic) bond motifs is 1. The van der Waals surface area contributed by atoms with Crippen LogP contribution in [0.15, 0.2) is 30.5 Å². The van der Waals surface area contributed by atoms with Crippen molar-refractivity contribution in [3.63, 3.8) is 0 Å². The van der Waals surface area contributed by atoms with Crippen LogP contribution in [0.5, 0.6) is 17.4 Å². The second kappa shape index (κ2) is 6.75. The molecule has 23 heavy (non-hydrogen) atoms. The first-order chi connectivity index (χ1) is 11.2. The van der Waals surface area contributed by atoms with Gasteiger partial charge in [-0.1, -0.05) is 11.6 Å². The molecule has 1 aliphatic heterocycles. The zero-order valence-electron chi connectivity index (χ0n) is 12.5. The van der Waals surface area contributed by atoms with E-state index in [-0.39, 0.29) is 11.8 Å². The standard InChI is InChI=1S/C16H15ClN2O4/c1-2-21-16-10(4-3-5-18-16)15(20)19-12-9-14-13(8-11(12)17)22-6-7-23-14/h3-5,8-9H,2,6-7H2,1H3,(H,19,20). The predicted molar refractivity (Wildman–Crippen MR) is 85.8 cm³/mol. The lowest BCUT2D eigenvalue weighted by Crippen LogP contribution is -2.17. The molecule has 1 aromatic carbocycles. The average Bonchev–Trinajstić information content (AvgIpc) is 2.56. The molecule has 120 valence electrons. The summed E-state index contributed by atoms with van der Waals surface area (Å²) in [6.07, 6.45) is 1.57. The Morgan fingerprint density at radius 1 is 1.35 bits per heavy atom.